The Morgan fingerprint density at radius 1 is 1.48 bits per heavy atom. The van der Waals surface area contributed by atoms with Crippen molar-refractivity contribution >= 4 is 17.2 Å². The molecular weight excluding hydrogens is 365 g/mol. The van der Waals surface area contributed by atoms with E-state index in [1.165, 1.54) is 29.5 Å². The molecule has 142 valence electrons. The molecule has 3 rings (SSSR count). The minimum Gasteiger partial charge on any atom is -0.383 e. The smallest absolute Gasteiger partial charge is 0.253 e. The molecule has 0 unspecified atom stereocenters. The summed E-state index contributed by atoms with van der Waals surface area (Å²) in [5.74, 6) is 1.94. The largest absolute Gasteiger partial charge is 0.383 e. The number of hydrogen-bond acceptors (Lipinski definition) is 5. The van der Waals surface area contributed by atoms with Gasteiger partial charge in [-0.2, -0.15) is 0 Å². The van der Waals surface area contributed by atoms with E-state index >= 15 is 0 Å². The Kier molecular flexibility index (Phi) is 5.90. The summed E-state index contributed by atoms with van der Waals surface area (Å²) in [4.78, 5) is 20.7. The lowest BCUT2D eigenvalue weighted by atomic mass is 9.88. The van der Waals surface area contributed by atoms with Crippen molar-refractivity contribution in [3.05, 3.63) is 51.7 Å². The Morgan fingerprint density at radius 3 is 2.89 bits per heavy atom. The van der Waals surface area contributed by atoms with Crippen LogP contribution in [0.5, 0.6) is 0 Å². The summed E-state index contributed by atoms with van der Waals surface area (Å²) in [5.41, 5.74) is -0.0691. The lowest BCUT2D eigenvalue weighted by Gasteiger charge is -2.37. The zero-order valence-electron chi connectivity index (χ0n) is 15.2. The maximum absolute atomic E-state index is 13.3. The van der Waals surface area contributed by atoms with Gasteiger partial charge < -0.3 is 10.0 Å². The van der Waals surface area contributed by atoms with Crippen LogP contribution < -0.4 is 0 Å². The van der Waals surface area contributed by atoms with Crippen molar-refractivity contribution in [3.8, 4) is 12.3 Å². The van der Waals surface area contributed by atoms with Crippen LogP contribution in [0, 0.1) is 18.2 Å². The summed E-state index contributed by atoms with van der Waals surface area (Å²) in [6, 6.07) is 5.68. The van der Waals surface area contributed by atoms with Gasteiger partial charge in [-0.05, 0) is 38.1 Å². The molecule has 5 nitrogen and oxygen atoms in total. The van der Waals surface area contributed by atoms with Gasteiger partial charge >= 0.3 is 0 Å². The molecule has 0 spiro atoms. The average Bonchev–Trinajstić information content (AvgIpc) is 3.11. The molecule has 0 aliphatic carbocycles. The van der Waals surface area contributed by atoms with E-state index in [0.29, 0.717) is 50.3 Å². The average molecular weight is 387 g/mol. The van der Waals surface area contributed by atoms with Crippen LogP contribution in [0.3, 0.4) is 0 Å². The van der Waals surface area contributed by atoms with E-state index in [4.69, 9.17) is 6.42 Å². The summed E-state index contributed by atoms with van der Waals surface area (Å²) in [5, 5.41) is 13.8. The first-order valence-electron chi connectivity index (χ1n) is 8.75. The van der Waals surface area contributed by atoms with Crippen molar-refractivity contribution in [3.63, 3.8) is 0 Å². The van der Waals surface area contributed by atoms with Gasteiger partial charge in [0.25, 0.3) is 5.91 Å². The van der Waals surface area contributed by atoms with Crippen molar-refractivity contribution in [2.45, 2.75) is 25.0 Å². The molecule has 1 fully saturated rings. The lowest BCUT2D eigenvalue weighted by molar-refractivity contribution is -0.0241. The number of thiazole rings is 1. The Labute approximate surface area is 162 Å². The van der Waals surface area contributed by atoms with E-state index in [9.17, 15) is 14.3 Å². The first kappa shape index (κ1) is 19.5. The molecule has 0 saturated carbocycles. The maximum Gasteiger partial charge on any atom is 0.253 e. The maximum atomic E-state index is 13.3. The van der Waals surface area contributed by atoms with Crippen LogP contribution in [0.1, 0.15) is 33.9 Å². The normalized spacial score (nSPS) is 16.3. The second-order valence-corrected chi connectivity index (χ2v) is 7.78. The molecule has 1 saturated heterocycles. The molecule has 1 aliphatic rings. The molecule has 0 radical (unpaired) electrons. The third kappa shape index (κ3) is 4.53. The van der Waals surface area contributed by atoms with Crippen LogP contribution in [-0.2, 0) is 12.1 Å². The molecule has 2 aromatic rings. The molecule has 27 heavy (non-hydrogen) atoms. The number of carbonyl (C=O) groups excluding carboxylic acids is 1. The highest BCUT2D eigenvalue weighted by Gasteiger charge is 2.37. The summed E-state index contributed by atoms with van der Waals surface area (Å²) >= 11 is 1.50. The van der Waals surface area contributed by atoms with Gasteiger partial charge in [-0.3, -0.25) is 9.69 Å². The molecule has 7 heteroatoms. The summed E-state index contributed by atoms with van der Waals surface area (Å²) in [7, 11) is 1.92. The number of piperidine rings is 1. The van der Waals surface area contributed by atoms with E-state index < -0.39 is 11.4 Å². The van der Waals surface area contributed by atoms with Gasteiger partial charge in [-0.25, -0.2) is 9.37 Å². The number of halogens is 1. The van der Waals surface area contributed by atoms with Crippen molar-refractivity contribution in [2.75, 3.05) is 26.7 Å². The molecule has 1 aromatic carbocycles. The van der Waals surface area contributed by atoms with E-state index in [2.05, 4.69) is 10.9 Å². The summed E-state index contributed by atoms with van der Waals surface area (Å²) in [6.45, 7) is 1.97. The number of carbonyl (C=O) groups is 1. The minimum atomic E-state index is -1.04. The van der Waals surface area contributed by atoms with Crippen molar-refractivity contribution < 1.29 is 14.3 Å². The van der Waals surface area contributed by atoms with Crippen LogP contribution in [0.2, 0.25) is 0 Å². The number of aliphatic hydroxyl groups is 1. The van der Waals surface area contributed by atoms with Gasteiger partial charge in [0.1, 0.15) is 16.4 Å². The topological polar surface area (TPSA) is 56.7 Å². The molecule has 0 atom stereocenters. The van der Waals surface area contributed by atoms with Crippen LogP contribution in [0.25, 0.3) is 0 Å². The number of terminal acetylenes is 1. The van der Waals surface area contributed by atoms with Crippen LogP contribution in [0.15, 0.2) is 29.6 Å². The lowest BCUT2D eigenvalue weighted by Crippen LogP contribution is -2.45. The quantitative estimate of drug-likeness (QED) is 0.801. The molecule has 1 aliphatic heterocycles. The molecule has 2 heterocycles. The fourth-order valence-corrected chi connectivity index (χ4v) is 4.15. The fraction of sp³-hybridized carbons (Fsp3) is 0.400. The second kappa shape index (κ2) is 8.17. The Hall–Kier alpha value is -2.27. The predicted octanol–water partition coefficient (Wildman–Crippen LogP) is 2.47. The summed E-state index contributed by atoms with van der Waals surface area (Å²) in [6.07, 6.45) is 6.11. The van der Waals surface area contributed by atoms with Gasteiger partial charge in [-0.15, -0.1) is 17.8 Å². The highest BCUT2D eigenvalue weighted by molar-refractivity contribution is 7.09. The van der Waals surface area contributed by atoms with Gasteiger partial charge in [0, 0.05) is 24.0 Å². The van der Waals surface area contributed by atoms with Gasteiger partial charge in [-0.1, -0.05) is 12.0 Å². The monoisotopic (exact) mass is 387 g/mol. The Bertz CT molecular complexity index is 853. The van der Waals surface area contributed by atoms with E-state index in [0.717, 1.165) is 5.01 Å². The predicted molar refractivity (Wildman–Crippen MR) is 103 cm³/mol. The Balaban J connectivity index is 1.63. The number of nitrogens with zero attached hydrogens (tertiary/aromatic N) is 3. The van der Waals surface area contributed by atoms with E-state index in [1.54, 1.807) is 11.0 Å². The first-order chi connectivity index (χ1) is 12.9. The number of hydrogen-bond donors (Lipinski definition) is 1. The number of amides is 1. The number of benzene rings is 1. The van der Waals surface area contributed by atoms with Gasteiger partial charge in [0.05, 0.1) is 18.8 Å². The van der Waals surface area contributed by atoms with Crippen molar-refractivity contribution in [2.24, 2.45) is 0 Å². The van der Waals surface area contributed by atoms with Gasteiger partial charge in [0.15, 0.2) is 0 Å². The van der Waals surface area contributed by atoms with E-state index in [-0.39, 0.29) is 5.91 Å². The Morgan fingerprint density at radius 2 is 2.22 bits per heavy atom. The third-order valence-electron chi connectivity index (χ3n) is 4.74. The number of aromatic nitrogens is 1. The zero-order valence-corrected chi connectivity index (χ0v) is 16.0. The van der Waals surface area contributed by atoms with Crippen LogP contribution in [-0.4, -0.2) is 52.5 Å². The molecule has 1 N–H and O–H groups in total. The minimum absolute atomic E-state index is 0.216. The third-order valence-corrected chi connectivity index (χ3v) is 5.58. The highest BCUT2D eigenvalue weighted by atomic mass is 32.1. The van der Waals surface area contributed by atoms with Crippen LogP contribution in [0.4, 0.5) is 4.39 Å². The first-order valence-corrected chi connectivity index (χ1v) is 9.63. The molecule has 1 aromatic heterocycles. The number of rotatable bonds is 5. The SMILES string of the molecule is C#CCN(C)Cc1nc(C2(O)CCN(C(=O)c3cccc(F)c3)CC2)cs1. The fourth-order valence-electron chi connectivity index (χ4n) is 3.18. The second-order valence-electron chi connectivity index (χ2n) is 6.84. The molecular formula is C20H22FN3O2S. The van der Waals surface area contributed by atoms with Crippen molar-refractivity contribution in [1.82, 2.24) is 14.8 Å². The molecule has 1 amide bonds. The highest BCUT2D eigenvalue weighted by Crippen LogP contribution is 2.34. The standard InChI is InChI=1S/C20H22FN3O2S/c1-3-9-23(2)13-18-22-17(14-27-18)20(26)7-10-24(11-8-20)19(25)15-5-4-6-16(21)12-15/h1,4-6,12,14,26H,7-11,13H2,2H3. The van der Waals surface area contributed by atoms with Gasteiger partial charge in [0.2, 0.25) is 0 Å². The van der Waals surface area contributed by atoms with Crippen molar-refractivity contribution in [1.29, 1.82) is 0 Å². The zero-order chi connectivity index (χ0) is 19.4. The van der Waals surface area contributed by atoms with E-state index in [1.807, 2.05) is 17.3 Å². The number of likely N-dealkylation sites (tertiary alicyclic amines) is 1. The molecule has 0 bridgehead atoms. The summed E-state index contributed by atoms with van der Waals surface area (Å²) < 4.78 is 13.3. The van der Waals surface area contributed by atoms with Crippen LogP contribution >= 0.6 is 11.3 Å².